The number of likely N-dealkylation sites (tertiary alicyclic amines) is 2. The molecule has 0 spiro atoms. The summed E-state index contributed by atoms with van der Waals surface area (Å²) in [7, 11) is 0. The van der Waals surface area contributed by atoms with Gasteiger partial charge in [-0.3, -0.25) is 4.79 Å². The smallest absolute Gasteiger partial charge is 0.253 e. The Bertz CT molecular complexity index is 432. The summed E-state index contributed by atoms with van der Waals surface area (Å²) in [6.07, 6.45) is 6.37. The Balaban J connectivity index is 1.54. The van der Waals surface area contributed by atoms with Crippen LogP contribution in [-0.4, -0.2) is 47.9 Å². The third-order valence-corrected chi connectivity index (χ3v) is 4.68. The maximum absolute atomic E-state index is 12.4. The van der Waals surface area contributed by atoms with Gasteiger partial charge in [0.15, 0.2) is 0 Å². The molecule has 3 nitrogen and oxygen atoms in total. The number of rotatable bonds is 2. The quantitative estimate of drug-likeness (QED) is 0.826. The fourth-order valence-electron chi connectivity index (χ4n) is 3.48. The first-order valence-corrected chi connectivity index (χ1v) is 7.93. The molecule has 0 aromatic heterocycles. The molecule has 0 radical (unpaired) electrons. The first kappa shape index (κ1) is 13.6. The predicted octanol–water partition coefficient (Wildman–Crippen LogP) is 2.78. The van der Waals surface area contributed by atoms with Gasteiger partial charge in [-0.1, -0.05) is 24.6 Å². The maximum Gasteiger partial charge on any atom is 0.253 e. The summed E-state index contributed by atoms with van der Waals surface area (Å²) in [4.78, 5) is 17.1. The van der Waals surface area contributed by atoms with Gasteiger partial charge >= 0.3 is 0 Å². The summed E-state index contributed by atoms with van der Waals surface area (Å²) < 4.78 is 0. The van der Waals surface area contributed by atoms with Gasteiger partial charge in [-0.15, -0.1) is 0 Å². The van der Waals surface area contributed by atoms with Crippen molar-refractivity contribution in [2.45, 2.75) is 38.1 Å². The van der Waals surface area contributed by atoms with Gasteiger partial charge in [0.1, 0.15) is 0 Å². The highest BCUT2D eigenvalue weighted by Gasteiger charge is 2.27. The molecule has 0 atom stereocenters. The Labute approximate surface area is 121 Å². The second-order valence-corrected chi connectivity index (χ2v) is 5.99. The van der Waals surface area contributed by atoms with E-state index in [2.05, 4.69) is 4.90 Å². The molecule has 20 heavy (non-hydrogen) atoms. The van der Waals surface area contributed by atoms with E-state index >= 15 is 0 Å². The zero-order valence-corrected chi connectivity index (χ0v) is 12.1. The van der Waals surface area contributed by atoms with Crippen molar-refractivity contribution in [3.63, 3.8) is 0 Å². The Kier molecular flexibility index (Phi) is 4.36. The van der Waals surface area contributed by atoms with Gasteiger partial charge in [-0.2, -0.15) is 0 Å². The third-order valence-electron chi connectivity index (χ3n) is 4.68. The molecule has 108 valence electrons. The molecule has 0 saturated carbocycles. The van der Waals surface area contributed by atoms with Gasteiger partial charge < -0.3 is 9.80 Å². The van der Waals surface area contributed by atoms with Crippen LogP contribution in [0.1, 0.15) is 42.5 Å². The van der Waals surface area contributed by atoms with Gasteiger partial charge in [0.2, 0.25) is 0 Å². The first-order chi connectivity index (χ1) is 9.84. The summed E-state index contributed by atoms with van der Waals surface area (Å²) in [6.45, 7) is 4.35. The Morgan fingerprint density at radius 1 is 0.900 bits per heavy atom. The highest BCUT2D eigenvalue weighted by molar-refractivity contribution is 5.94. The molecule has 1 aromatic carbocycles. The fraction of sp³-hybridized carbons (Fsp3) is 0.588. The summed E-state index contributed by atoms with van der Waals surface area (Å²) in [5, 5.41) is 0. The van der Waals surface area contributed by atoms with E-state index in [1.54, 1.807) is 0 Å². The predicted molar refractivity (Wildman–Crippen MR) is 80.8 cm³/mol. The molecule has 1 aromatic rings. The van der Waals surface area contributed by atoms with Crippen LogP contribution in [0.25, 0.3) is 0 Å². The lowest BCUT2D eigenvalue weighted by Gasteiger charge is -2.40. The van der Waals surface area contributed by atoms with Crippen LogP contribution in [0, 0.1) is 0 Å². The topological polar surface area (TPSA) is 23.6 Å². The van der Waals surface area contributed by atoms with Crippen LogP contribution in [0.4, 0.5) is 0 Å². The van der Waals surface area contributed by atoms with Crippen LogP contribution < -0.4 is 0 Å². The average molecular weight is 272 g/mol. The molecular weight excluding hydrogens is 248 g/mol. The number of amides is 1. The fourth-order valence-corrected chi connectivity index (χ4v) is 3.48. The van der Waals surface area contributed by atoms with Gasteiger partial charge in [-0.25, -0.2) is 0 Å². The number of hydrogen-bond acceptors (Lipinski definition) is 2. The van der Waals surface area contributed by atoms with Gasteiger partial charge in [0.05, 0.1) is 0 Å². The van der Waals surface area contributed by atoms with Crippen LogP contribution in [0.5, 0.6) is 0 Å². The van der Waals surface area contributed by atoms with Gasteiger partial charge in [0.25, 0.3) is 5.91 Å². The minimum absolute atomic E-state index is 0.197. The molecule has 1 amide bonds. The largest absolute Gasteiger partial charge is 0.339 e. The monoisotopic (exact) mass is 272 g/mol. The highest BCUT2D eigenvalue weighted by atomic mass is 16.2. The lowest BCUT2D eigenvalue weighted by atomic mass is 9.99. The Hall–Kier alpha value is -1.35. The Morgan fingerprint density at radius 3 is 2.20 bits per heavy atom. The van der Waals surface area contributed by atoms with Crippen LogP contribution in [0.15, 0.2) is 30.3 Å². The normalized spacial score (nSPS) is 21.9. The summed E-state index contributed by atoms with van der Waals surface area (Å²) >= 11 is 0. The van der Waals surface area contributed by atoms with E-state index in [-0.39, 0.29) is 5.91 Å². The molecule has 2 aliphatic heterocycles. The Morgan fingerprint density at radius 2 is 1.55 bits per heavy atom. The summed E-state index contributed by atoms with van der Waals surface area (Å²) in [5.74, 6) is 0.197. The summed E-state index contributed by atoms with van der Waals surface area (Å²) in [5.41, 5.74) is 0.823. The third kappa shape index (κ3) is 3.04. The van der Waals surface area contributed by atoms with E-state index in [1.165, 1.54) is 32.4 Å². The number of nitrogens with zero attached hydrogens (tertiary/aromatic N) is 2. The zero-order chi connectivity index (χ0) is 13.8. The van der Waals surface area contributed by atoms with E-state index in [4.69, 9.17) is 0 Å². The number of piperidine rings is 2. The number of hydrogen-bond donors (Lipinski definition) is 0. The molecule has 0 bridgehead atoms. The first-order valence-electron chi connectivity index (χ1n) is 7.93. The van der Waals surface area contributed by atoms with Crippen molar-refractivity contribution >= 4 is 5.91 Å². The highest BCUT2D eigenvalue weighted by Crippen LogP contribution is 2.21. The van der Waals surface area contributed by atoms with E-state index in [0.29, 0.717) is 6.04 Å². The minimum Gasteiger partial charge on any atom is -0.339 e. The van der Waals surface area contributed by atoms with Crippen molar-refractivity contribution in [2.75, 3.05) is 26.2 Å². The molecule has 0 unspecified atom stereocenters. The molecule has 0 N–H and O–H groups in total. The van der Waals surface area contributed by atoms with E-state index < -0.39 is 0 Å². The van der Waals surface area contributed by atoms with Crippen molar-refractivity contribution < 1.29 is 4.79 Å². The summed E-state index contributed by atoms with van der Waals surface area (Å²) in [6, 6.07) is 10.4. The van der Waals surface area contributed by atoms with Crippen LogP contribution >= 0.6 is 0 Å². The van der Waals surface area contributed by atoms with E-state index in [9.17, 15) is 4.79 Å². The van der Waals surface area contributed by atoms with Gasteiger partial charge in [0, 0.05) is 24.7 Å². The number of benzene rings is 1. The van der Waals surface area contributed by atoms with Crippen LogP contribution in [0.2, 0.25) is 0 Å². The van der Waals surface area contributed by atoms with Crippen molar-refractivity contribution in [2.24, 2.45) is 0 Å². The average Bonchev–Trinajstić information content (AvgIpc) is 2.56. The number of carbonyl (C=O) groups is 1. The van der Waals surface area contributed by atoms with E-state index in [0.717, 1.165) is 31.5 Å². The van der Waals surface area contributed by atoms with Crippen LogP contribution in [-0.2, 0) is 0 Å². The maximum atomic E-state index is 12.4. The molecule has 2 saturated heterocycles. The van der Waals surface area contributed by atoms with Crippen molar-refractivity contribution in [1.29, 1.82) is 0 Å². The molecule has 3 heteroatoms. The standard InChI is InChI=1S/C17H24N2O/c20-17(15-7-3-1-4-8-15)19-13-9-16(10-14-19)18-11-5-2-6-12-18/h1,3-4,7-8,16H,2,5-6,9-14H2. The molecular formula is C17H24N2O. The molecule has 2 heterocycles. The number of carbonyl (C=O) groups excluding carboxylic acids is 1. The van der Waals surface area contributed by atoms with E-state index in [1.807, 2.05) is 35.2 Å². The van der Waals surface area contributed by atoms with Gasteiger partial charge in [-0.05, 0) is 50.9 Å². The second-order valence-electron chi connectivity index (χ2n) is 5.99. The zero-order valence-electron chi connectivity index (χ0n) is 12.1. The second kappa shape index (κ2) is 6.40. The van der Waals surface area contributed by atoms with Crippen molar-refractivity contribution in [3.05, 3.63) is 35.9 Å². The molecule has 2 aliphatic rings. The molecule has 2 fully saturated rings. The van der Waals surface area contributed by atoms with Crippen molar-refractivity contribution in [1.82, 2.24) is 9.80 Å². The van der Waals surface area contributed by atoms with Crippen molar-refractivity contribution in [3.8, 4) is 0 Å². The lowest BCUT2D eigenvalue weighted by molar-refractivity contribution is 0.0590. The lowest BCUT2D eigenvalue weighted by Crippen LogP contribution is -2.48. The van der Waals surface area contributed by atoms with Crippen LogP contribution in [0.3, 0.4) is 0 Å². The SMILES string of the molecule is O=C(c1ccccc1)N1CCC(N2CCCCC2)CC1. The molecule has 3 rings (SSSR count). The molecule has 0 aliphatic carbocycles. The minimum atomic E-state index is 0.197.